The van der Waals surface area contributed by atoms with E-state index in [1.807, 2.05) is 17.6 Å². The molecule has 0 aliphatic carbocycles. The number of aromatic nitrogens is 3. The molecule has 3 heterocycles. The smallest absolute Gasteiger partial charge is 0.349 e. The zero-order valence-electron chi connectivity index (χ0n) is 16.7. The average Bonchev–Trinajstić information content (AvgIpc) is 3.28. The van der Waals surface area contributed by atoms with Crippen molar-refractivity contribution in [1.82, 2.24) is 14.5 Å². The molecular weight excluding hydrogens is 423 g/mol. The first-order chi connectivity index (χ1) is 14.9. The molecule has 4 rings (SSSR count). The first kappa shape index (κ1) is 20.6. The quantitative estimate of drug-likeness (QED) is 0.395. The van der Waals surface area contributed by atoms with E-state index in [-0.39, 0.29) is 16.4 Å². The molecule has 0 radical (unpaired) electrons. The molecule has 0 amide bonds. The average molecular weight is 442 g/mol. The molecule has 31 heavy (non-hydrogen) atoms. The van der Waals surface area contributed by atoms with Crippen molar-refractivity contribution in [3.8, 4) is 22.1 Å². The van der Waals surface area contributed by atoms with E-state index in [9.17, 15) is 14.3 Å². The highest BCUT2D eigenvalue weighted by Gasteiger charge is 2.17. The summed E-state index contributed by atoms with van der Waals surface area (Å²) in [6, 6.07) is 7.86. The largest absolute Gasteiger partial charge is 0.506 e. The summed E-state index contributed by atoms with van der Waals surface area (Å²) in [7, 11) is 1.52. The lowest BCUT2D eigenvalue weighted by molar-refractivity contribution is 0.0699. The first-order valence-electron chi connectivity index (χ1n) is 9.33. The number of aromatic hydroxyl groups is 1. The van der Waals surface area contributed by atoms with Crippen LogP contribution in [0.3, 0.4) is 0 Å². The third-order valence-electron chi connectivity index (χ3n) is 4.84. The second-order valence-corrected chi connectivity index (χ2v) is 7.88. The molecule has 8 nitrogen and oxygen atoms in total. The van der Waals surface area contributed by atoms with Crippen LogP contribution in [0.1, 0.15) is 15.4 Å². The number of thiophene rings is 1. The molecule has 0 unspecified atom stereocenters. The van der Waals surface area contributed by atoms with E-state index in [4.69, 9.17) is 9.84 Å². The molecule has 0 aliphatic rings. The van der Waals surface area contributed by atoms with Crippen LogP contribution < -0.4 is 10.1 Å². The highest BCUT2D eigenvalue weighted by atomic mass is 32.1. The molecule has 0 atom stereocenters. The van der Waals surface area contributed by atoms with E-state index < -0.39 is 5.97 Å². The van der Waals surface area contributed by atoms with Crippen LogP contribution in [0.4, 0.5) is 10.2 Å². The monoisotopic (exact) mass is 442 g/mol. The van der Waals surface area contributed by atoms with Gasteiger partial charge < -0.3 is 24.8 Å². The van der Waals surface area contributed by atoms with Gasteiger partial charge in [0, 0.05) is 42.4 Å². The van der Waals surface area contributed by atoms with Crippen LogP contribution in [0.5, 0.6) is 11.5 Å². The normalized spacial score (nSPS) is 11.1. The molecule has 0 saturated heterocycles. The first-order valence-corrected chi connectivity index (χ1v) is 10.1. The third kappa shape index (κ3) is 4.02. The molecule has 10 heteroatoms. The number of carboxylic acid groups (broad SMARTS) is 1. The summed E-state index contributed by atoms with van der Waals surface area (Å²) in [5.74, 6) is -0.809. The number of carboxylic acids is 1. The number of fused-ring (bicyclic) bond motifs is 1. The standard InChI is InChI=1S/C21H19FN4O4S/c1-11-5-13-15(6-12(22)7-17(13)30-2)26(11)4-3-23-19-8-14(24-10-25-19)18-9-16(27)20(31-18)21(28)29/h5-10,27H,3-4H2,1-2H3,(H,28,29)(H,23,24,25). The lowest BCUT2D eigenvalue weighted by Crippen LogP contribution is -2.12. The number of benzene rings is 1. The number of methoxy groups -OCH3 is 1. The van der Waals surface area contributed by atoms with E-state index >= 15 is 0 Å². The van der Waals surface area contributed by atoms with Gasteiger partial charge in [-0.25, -0.2) is 19.2 Å². The van der Waals surface area contributed by atoms with Gasteiger partial charge in [-0.15, -0.1) is 11.3 Å². The van der Waals surface area contributed by atoms with Gasteiger partial charge in [-0.3, -0.25) is 0 Å². The number of aromatic carboxylic acids is 1. The minimum atomic E-state index is -1.19. The van der Waals surface area contributed by atoms with Crippen LogP contribution >= 0.6 is 11.3 Å². The molecule has 0 spiro atoms. The maximum absolute atomic E-state index is 14.0. The fraction of sp³-hybridized carbons (Fsp3) is 0.190. The van der Waals surface area contributed by atoms with Gasteiger partial charge in [-0.2, -0.15) is 0 Å². The lowest BCUT2D eigenvalue weighted by atomic mass is 10.2. The van der Waals surface area contributed by atoms with Crippen molar-refractivity contribution < 1.29 is 24.1 Å². The van der Waals surface area contributed by atoms with E-state index in [0.717, 1.165) is 27.9 Å². The molecular formula is C21H19FN4O4S. The van der Waals surface area contributed by atoms with E-state index in [0.29, 0.717) is 35.2 Å². The Morgan fingerprint density at radius 2 is 2.06 bits per heavy atom. The van der Waals surface area contributed by atoms with Crippen LogP contribution in [-0.2, 0) is 6.54 Å². The Balaban J connectivity index is 1.52. The van der Waals surface area contributed by atoms with Gasteiger partial charge in [0.15, 0.2) is 4.88 Å². The summed E-state index contributed by atoms with van der Waals surface area (Å²) < 4.78 is 21.3. The molecule has 0 bridgehead atoms. The Hall–Kier alpha value is -3.66. The lowest BCUT2D eigenvalue weighted by Gasteiger charge is -2.11. The Kier molecular flexibility index (Phi) is 5.47. The Morgan fingerprint density at radius 1 is 1.26 bits per heavy atom. The maximum atomic E-state index is 14.0. The minimum Gasteiger partial charge on any atom is -0.506 e. The summed E-state index contributed by atoms with van der Waals surface area (Å²) in [5.41, 5.74) is 2.22. The summed E-state index contributed by atoms with van der Waals surface area (Å²) in [6.07, 6.45) is 1.37. The van der Waals surface area contributed by atoms with E-state index in [1.54, 1.807) is 6.07 Å². The molecule has 3 N–H and O–H groups in total. The zero-order chi connectivity index (χ0) is 22.1. The van der Waals surface area contributed by atoms with Gasteiger partial charge in [0.2, 0.25) is 0 Å². The topological polar surface area (TPSA) is 110 Å². The van der Waals surface area contributed by atoms with Crippen molar-refractivity contribution >= 4 is 34.0 Å². The number of ether oxygens (including phenoxy) is 1. The predicted molar refractivity (Wildman–Crippen MR) is 116 cm³/mol. The van der Waals surface area contributed by atoms with Gasteiger partial charge in [0.1, 0.15) is 29.5 Å². The van der Waals surface area contributed by atoms with Crippen molar-refractivity contribution in [1.29, 1.82) is 0 Å². The molecule has 4 aromatic rings. The number of hydrogen-bond acceptors (Lipinski definition) is 7. The number of hydrogen-bond donors (Lipinski definition) is 3. The number of carbonyl (C=O) groups is 1. The van der Waals surface area contributed by atoms with Gasteiger partial charge in [-0.05, 0) is 19.1 Å². The van der Waals surface area contributed by atoms with Crippen LogP contribution in [0.25, 0.3) is 21.5 Å². The van der Waals surface area contributed by atoms with Crippen LogP contribution in [-0.4, -0.2) is 44.4 Å². The van der Waals surface area contributed by atoms with Gasteiger partial charge in [0.25, 0.3) is 0 Å². The van der Waals surface area contributed by atoms with Crippen molar-refractivity contribution in [2.75, 3.05) is 19.0 Å². The minimum absolute atomic E-state index is 0.138. The molecule has 3 aromatic heterocycles. The van der Waals surface area contributed by atoms with Crippen LogP contribution in [0.2, 0.25) is 0 Å². The molecule has 160 valence electrons. The second kappa shape index (κ2) is 8.23. The fourth-order valence-electron chi connectivity index (χ4n) is 3.44. The Bertz CT molecular complexity index is 1280. The molecule has 1 aromatic carbocycles. The van der Waals surface area contributed by atoms with Crippen molar-refractivity contribution in [2.45, 2.75) is 13.5 Å². The molecule has 0 fully saturated rings. The SMILES string of the molecule is COc1cc(F)cc2c1cc(C)n2CCNc1cc(-c2cc(O)c(C(=O)O)s2)ncn1. The number of anilines is 1. The number of nitrogens with one attached hydrogen (secondary N) is 1. The van der Waals surface area contributed by atoms with Gasteiger partial charge in [-0.1, -0.05) is 0 Å². The van der Waals surface area contributed by atoms with Crippen molar-refractivity contribution in [3.63, 3.8) is 0 Å². The highest BCUT2D eigenvalue weighted by Crippen LogP contribution is 2.35. The molecule has 0 aliphatic heterocycles. The maximum Gasteiger partial charge on any atom is 0.349 e. The Labute approximate surface area is 180 Å². The second-order valence-electron chi connectivity index (χ2n) is 6.82. The van der Waals surface area contributed by atoms with E-state index in [1.165, 1.54) is 31.6 Å². The van der Waals surface area contributed by atoms with Gasteiger partial charge >= 0.3 is 5.97 Å². The van der Waals surface area contributed by atoms with Crippen LogP contribution in [0, 0.1) is 12.7 Å². The highest BCUT2D eigenvalue weighted by molar-refractivity contribution is 7.17. The Morgan fingerprint density at radius 3 is 2.77 bits per heavy atom. The summed E-state index contributed by atoms with van der Waals surface area (Å²) in [5, 5.41) is 22.9. The summed E-state index contributed by atoms with van der Waals surface area (Å²) >= 11 is 0.940. The summed E-state index contributed by atoms with van der Waals surface area (Å²) in [6.45, 7) is 3.02. The third-order valence-corrected chi connectivity index (χ3v) is 5.98. The number of aryl methyl sites for hydroxylation is 1. The van der Waals surface area contributed by atoms with Crippen LogP contribution in [0.15, 0.2) is 36.7 Å². The van der Waals surface area contributed by atoms with Crippen molar-refractivity contribution in [3.05, 3.63) is 53.0 Å². The predicted octanol–water partition coefficient (Wildman–Crippen LogP) is 4.13. The van der Waals surface area contributed by atoms with Crippen molar-refractivity contribution in [2.24, 2.45) is 0 Å². The molecule has 0 saturated carbocycles. The zero-order valence-corrected chi connectivity index (χ0v) is 17.5. The number of halogens is 1. The number of nitrogens with zero attached hydrogens (tertiary/aromatic N) is 3. The summed E-state index contributed by atoms with van der Waals surface area (Å²) in [4.78, 5) is 19.9. The van der Waals surface area contributed by atoms with Gasteiger partial charge in [0.05, 0.1) is 23.2 Å². The van der Waals surface area contributed by atoms with E-state index in [2.05, 4.69) is 15.3 Å². The number of rotatable bonds is 7. The fourth-order valence-corrected chi connectivity index (χ4v) is 4.29.